The number of hydrogen-bond acceptors (Lipinski definition) is 3. The molecule has 6 heteroatoms. The average molecular weight is 213 g/mol. The van der Waals surface area contributed by atoms with E-state index >= 15 is 0 Å². The number of para-hydroxylation sites is 1. The molecule has 0 aliphatic carbocycles. The van der Waals surface area contributed by atoms with Crippen molar-refractivity contribution in [3.8, 4) is 5.75 Å². The molecule has 0 atom stereocenters. The van der Waals surface area contributed by atoms with Crippen LogP contribution in [0.2, 0.25) is 0 Å². The summed E-state index contributed by atoms with van der Waals surface area (Å²) in [6, 6.07) is 5.93. The number of thiol groups is 1. The fourth-order valence-electron chi connectivity index (χ4n) is 0.831. The van der Waals surface area contributed by atoms with Crippen LogP contribution in [0.3, 0.4) is 0 Å². The van der Waals surface area contributed by atoms with Gasteiger partial charge >= 0.3 is 11.2 Å². The van der Waals surface area contributed by atoms with Crippen molar-refractivity contribution < 1.29 is 19.5 Å². The fourth-order valence-corrected chi connectivity index (χ4v) is 0.877. The number of hydrogen-bond donors (Lipinski definition) is 3. The number of rotatable bonds is 3. The number of nitrogens with one attached hydrogen (secondary N) is 1. The van der Waals surface area contributed by atoms with Crippen LogP contribution in [0.15, 0.2) is 24.3 Å². The predicted molar refractivity (Wildman–Crippen MR) is 51.5 cm³/mol. The normalized spacial score (nSPS) is 9.21. The second-order valence-corrected chi connectivity index (χ2v) is 2.72. The lowest BCUT2D eigenvalue weighted by atomic mass is 10.2. The standard InChI is InChI=1S/C8H7NO4S/c10-7(11)5-3-1-2-4-6(5)13-9-8(12)14/h1-4H,(H,10,11)(H2,9,12,14). The first-order valence-electron chi connectivity index (χ1n) is 3.59. The summed E-state index contributed by atoms with van der Waals surface area (Å²) in [4.78, 5) is 25.7. The van der Waals surface area contributed by atoms with E-state index in [0.717, 1.165) is 0 Å². The highest BCUT2D eigenvalue weighted by atomic mass is 32.1. The van der Waals surface area contributed by atoms with Gasteiger partial charge in [0.2, 0.25) is 0 Å². The van der Waals surface area contributed by atoms with Crippen LogP contribution in [0.1, 0.15) is 10.4 Å². The zero-order chi connectivity index (χ0) is 10.6. The lowest BCUT2D eigenvalue weighted by molar-refractivity contribution is 0.0689. The van der Waals surface area contributed by atoms with Gasteiger partial charge in [-0.3, -0.25) is 4.79 Å². The fraction of sp³-hybridized carbons (Fsp3) is 0. The van der Waals surface area contributed by atoms with Crippen LogP contribution < -0.4 is 10.3 Å². The zero-order valence-electron chi connectivity index (χ0n) is 6.93. The van der Waals surface area contributed by atoms with Gasteiger partial charge in [-0.1, -0.05) is 24.8 Å². The Morgan fingerprint density at radius 2 is 2.00 bits per heavy atom. The van der Waals surface area contributed by atoms with Gasteiger partial charge in [-0.15, -0.1) is 0 Å². The highest BCUT2D eigenvalue weighted by molar-refractivity contribution is 7.96. The van der Waals surface area contributed by atoms with Crippen LogP contribution in [-0.2, 0) is 0 Å². The van der Waals surface area contributed by atoms with Gasteiger partial charge < -0.3 is 9.94 Å². The molecule has 14 heavy (non-hydrogen) atoms. The number of aromatic carboxylic acids is 1. The number of carbonyl (C=O) groups is 2. The molecule has 0 heterocycles. The van der Waals surface area contributed by atoms with E-state index in [1.165, 1.54) is 12.1 Å². The Morgan fingerprint density at radius 1 is 1.36 bits per heavy atom. The summed E-state index contributed by atoms with van der Waals surface area (Å²) in [5, 5.41) is 8.02. The lowest BCUT2D eigenvalue weighted by Gasteiger charge is -2.06. The highest BCUT2D eigenvalue weighted by Crippen LogP contribution is 2.16. The molecule has 2 N–H and O–H groups in total. The molecule has 1 rings (SSSR count). The minimum absolute atomic E-state index is 0.0328. The molecule has 1 aromatic rings. The van der Waals surface area contributed by atoms with Crippen molar-refractivity contribution in [3.05, 3.63) is 29.8 Å². The molecule has 74 valence electrons. The third kappa shape index (κ3) is 2.67. The maximum atomic E-state index is 10.7. The molecule has 0 aliphatic rings. The first-order chi connectivity index (χ1) is 6.61. The average Bonchev–Trinajstić information content (AvgIpc) is 2.15. The molecule has 0 bridgehead atoms. The molecule has 1 amide bonds. The van der Waals surface area contributed by atoms with E-state index in [4.69, 9.17) is 9.94 Å². The van der Waals surface area contributed by atoms with Gasteiger partial charge in [-0.25, -0.2) is 4.79 Å². The molecular formula is C8H7NO4S. The van der Waals surface area contributed by atoms with E-state index in [0.29, 0.717) is 0 Å². The minimum Gasteiger partial charge on any atom is -0.478 e. The number of hydroxylamine groups is 1. The highest BCUT2D eigenvalue weighted by Gasteiger charge is 2.10. The number of carboxylic acid groups (broad SMARTS) is 1. The lowest BCUT2D eigenvalue weighted by Crippen LogP contribution is -2.22. The predicted octanol–water partition coefficient (Wildman–Crippen LogP) is 1.32. The molecule has 0 fully saturated rings. The summed E-state index contributed by atoms with van der Waals surface area (Å²) >= 11 is 3.39. The van der Waals surface area contributed by atoms with E-state index in [1.807, 2.05) is 5.48 Å². The Labute approximate surface area is 85.1 Å². The summed E-state index contributed by atoms with van der Waals surface area (Å²) in [5.74, 6) is -1.07. The van der Waals surface area contributed by atoms with Crippen LogP contribution in [-0.4, -0.2) is 16.3 Å². The van der Waals surface area contributed by atoms with Gasteiger partial charge in [-0.2, -0.15) is 5.48 Å². The van der Waals surface area contributed by atoms with Crippen LogP contribution in [0.5, 0.6) is 5.75 Å². The van der Waals surface area contributed by atoms with E-state index in [9.17, 15) is 9.59 Å². The summed E-state index contributed by atoms with van der Waals surface area (Å²) in [5.41, 5.74) is 1.89. The topological polar surface area (TPSA) is 75.6 Å². The first kappa shape index (κ1) is 10.4. The molecule has 0 saturated heterocycles. The van der Waals surface area contributed by atoms with Crippen LogP contribution >= 0.6 is 12.6 Å². The molecule has 0 unspecified atom stereocenters. The summed E-state index contributed by atoms with van der Waals surface area (Å²) in [7, 11) is 0. The van der Waals surface area contributed by atoms with Gasteiger partial charge in [0.1, 0.15) is 5.56 Å². The van der Waals surface area contributed by atoms with Gasteiger partial charge in [0.15, 0.2) is 5.75 Å². The van der Waals surface area contributed by atoms with Crippen molar-refractivity contribution in [2.24, 2.45) is 0 Å². The van der Waals surface area contributed by atoms with E-state index < -0.39 is 11.2 Å². The second-order valence-electron chi connectivity index (χ2n) is 2.31. The number of benzene rings is 1. The molecule has 0 radical (unpaired) electrons. The maximum absolute atomic E-state index is 10.7. The van der Waals surface area contributed by atoms with Crippen LogP contribution in [0, 0.1) is 0 Å². The van der Waals surface area contributed by atoms with Crippen LogP contribution in [0.25, 0.3) is 0 Å². The van der Waals surface area contributed by atoms with Crippen molar-refractivity contribution in [1.29, 1.82) is 0 Å². The SMILES string of the molecule is O=C(S)NOc1ccccc1C(=O)O. The summed E-state index contributed by atoms with van der Waals surface area (Å²) in [6.07, 6.45) is 0. The number of carbonyl (C=O) groups excluding carboxylic acids is 1. The van der Waals surface area contributed by atoms with Crippen molar-refractivity contribution >= 4 is 23.8 Å². The van der Waals surface area contributed by atoms with E-state index in [-0.39, 0.29) is 11.3 Å². The van der Waals surface area contributed by atoms with Gasteiger partial charge in [-0.05, 0) is 12.1 Å². The van der Waals surface area contributed by atoms with Gasteiger partial charge in [0, 0.05) is 0 Å². The van der Waals surface area contributed by atoms with Crippen LogP contribution in [0.4, 0.5) is 4.79 Å². The first-order valence-corrected chi connectivity index (χ1v) is 4.04. The van der Waals surface area contributed by atoms with Crippen molar-refractivity contribution in [1.82, 2.24) is 5.48 Å². The summed E-state index contributed by atoms with van der Waals surface area (Å²) in [6.45, 7) is 0. The second kappa shape index (κ2) is 4.52. The quantitative estimate of drug-likeness (QED) is 0.522. The Kier molecular flexibility index (Phi) is 3.35. The third-order valence-electron chi connectivity index (χ3n) is 1.37. The van der Waals surface area contributed by atoms with E-state index in [2.05, 4.69) is 12.6 Å². The van der Waals surface area contributed by atoms with Crippen molar-refractivity contribution in [3.63, 3.8) is 0 Å². The molecular weight excluding hydrogens is 206 g/mol. The molecule has 1 aromatic carbocycles. The smallest absolute Gasteiger partial charge is 0.339 e. The van der Waals surface area contributed by atoms with Gasteiger partial charge in [0.25, 0.3) is 0 Å². The van der Waals surface area contributed by atoms with E-state index in [1.54, 1.807) is 12.1 Å². The third-order valence-corrected chi connectivity index (χ3v) is 1.46. The van der Waals surface area contributed by atoms with Crippen molar-refractivity contribution in [2.45, 2.75) is 0 Å². The Balaban J connectivity index is 2.84. The molecule has 0 aromatic heterocycles. The molecule has 5 nitrogen and oxygen atoms in total. The largest absolute Gasteiger partial charge is 0.478 e. The molecule has 0 spiro atoms. The van der Waals surface area contributed by atoms with Gasteiger partial charge in [0.05, 0.1) is 0 Å². The van der Waals surface area contributed by atoms with Crippen molar-refractivity contribution in [2.75, 3.05) is 0 Å². The summed E-state index contributed by atoms with van der Waals surface area (Å²) < 4.78 is 0. The molecule has 0 saturated carbocycles. The monoisotopic (exact) mass is 213 g/mol. The minimum atomic E-state index is -1.13. The Hall–Kier alpha value is -1.69. The Morgan fingerprint density at radius 3 is 2.57 bits per heavy atom. The molecule has 0 aliphatic heterocycles. The maximum Gasteiger partial charge on any atom is 0.339 e. The number of carboxylic acids is 1. The Bertz CT molecular complexity index is 366. The zero-order valence-corrected chi connectivity index (χ0v) is 7.82. The number of amides is 1.